The lowest BCUT2D eigenvalue weighted by Crippen LogP contribution is -2.08. The average Bonchev–Trinajstić information content (AvgIpc) is 3.08. The van der Waals surface area contributed by atoms with Crippen LogP contribution < -0.4 is 9.47 Å². The number of hydrogen-bond donors (Lipinski definition) is 0. The first-order valence-electron chi connectivity index (χ1n) is 9.19. The minimum absolute atomic E-state index is 0.127. The smallest absolute Gasteiger partial charge is 0.343 e. The number of Topliss-reactive ketones (excluding diaryl/α,β-unsaturated/α-hetero) is 1. The van der Waals surface area contributed by atoms with Crippen LogP contribution >= 0.6 is 11.6 Å². The van der Waals surface area contributed by atoms with E-state index in [9.17, 15) is 14.4 Å². The highest BCUT2D eigenvalue weighted by Gasteiger charge is 2.28. The Labute approximate surface area is 182 Å². The molecule has 0 bridgehead atoms. The minimum atomic E-state index is -0.553. The maximum atomic E-state index is 12.6. The van der Waals surface area contributed by atoms with Gasteiger partial charge >= 0.3 is 11.9 Å². The first-order valence-corrected chi connectivity index (χ1v) is 9.57. The molecule has 4 rings (SSSR count). The van der Waals surface area contributed by atoms with E-state index in [1.54, 1.807) is 60.7 Å². The number of methoxy groups -OCH3 is 1. The standard InChI is InChI=1S/C24H15ClO6/c1-29-23(27)15-4-2-14(3-5-15)12-21-22(26)19-11-10-18(13-20(19)31-21)30-24(28)16-6-8-17(25)9-7-16/h2-13H,1H3. The van der Waals surface area contributed by atoms with Gasteiger partial charge in [0.25, 0.3) is 0 Å². The lowest BCUT2D eigenvalue weighted by atomic mass is 10.1. The molecule has 1 aliphatic rings. The molecule has 0 N–H and O–H groups in total. The van der Waals surface area contributed by atoms with Gasteiger partial charge in [0.15, 0.2) is 5.76 Å². The molecule has 7 heteroatoms. The number of carbonyl (C=O) groups is 3. The van der Waals surface area contributed by atoms with E-state index in [4.69, 9.17) is 21.1 Å². The zero-order valence-electron chi connectivity index (χ0n) is 16.3. The Morgan fingerprint density at radius 2 is 1.55 bits per heavy atom. The minimum Gasteiger partial charge on any atom is -0.465 e. The van der Waals surface area contributed by atoms with Crippen molar-refractivity contribution < 1.29 is 28.6 Å². The van der Waals surface area contributed by atoms with E-state index >= 15 is 0 Å². The van der Waals surface area contributed by atoms with Gasteiger partial charge in [0, 0.05) is 11.1 Å². The van der Waals surface area contributed by atoms with E-state index < -0.39 is 11.9 Å². The van der Waals surface area contributed by atoms with Crippen LogP contribution in [0.4, 0.5) is 0 Å². The summed E-state index contributed by atoms with van der Waals surface area (Å²) in [7, 11) is 1.31. The Morgan fingerprint density at radius 1 is 0.903 bits per heavy atom. The number of ketones is 1. The third kappa shape index (κ3) is 4.34. The van der Waals surface area contributed by atoms with E-state index in [1.165, 1.54) is 19.2 Å². The highest BCUT2D eigenvalue weighted by molar-refractivity contribution is 6.30. The van der Waals surface area contributed by atoms with Crippen LogP contribution in [0.25, 0.3) is 6.08 Å². The Morgan fingerprint density at radius 3 is 2.23 bits per heavy atom. The van der Waals surface area contributed by atoms with Crippen molar-refractivity contribution in [2.24, 2.45) is 0 Å². The largest absolute Gasteiger partial charge is 0.465 e. The van der Waals surface area contributed by atoms with Crippen LogP contribution in [0, 0.1) is 0 Å². The highest BCUT2D eigenvalue weighted by atomic mass is 35.5. The van der Waals surface area contributed by atoms with E-state index in [1.807, 2.05) is 0 Å². The van der Waals surface area contributed by atoms with Gasteiger partial charge in [-0.15, -0.1) is 0 Å². The first-order chi connectivity index (χ1) is 14.9. The topological polar surface area (TPSA) is 78.9 Å². The number of allylic oxidation sites excluding steroid dienone is 1. The predicted molar refractivity (Wildman–Crippen MR) is 114 cm³/mol. The van der Waals surface area contributed by atoms with Crippen molar-refractivity contribution >= 4 is 35.4 Å². The van der Waals surface area contributed by atoms with Crippen LogP contribution in [-0.4, -0.2) is 24.8 Å². The van der Waals surface area contributed by atoms with Gasteiger partial charge in [0.2, 0.25) is 5.78 Å². The van der Waals surface area contributed by atoms with Gasteiger partial charge in [-0.1, -0.05) is 23.7 Å². The molecular formula is C24H15ClO6. The Bertz CT molecular complexity index is 1210. The summed E-state index contributed by atoms with van der Waals surface area (Å²) in [6, 6.07) is 17.4. The fourth-order valence-corrected chi connectivity index (χ4v) is 3.09. The monoisotopic (exact) mass is 434 g/mol. The molecule has 0 amide bonds. The maximum Gasteiger partial charge on any atom is 0.343 e. The SMILES string of the molecule is COC(=O)c1ccc(C=C2Oc3cc(OC(=O)c4ccc(Cl)cc4)ccc3C2=O)cc1. The number of hydrogen-bond acceptors (Lipinski definition) is 6. The van der Waals surface area contributed by atoms with Gasteiger partial charge in [-0.25, -0.2) is 9.59 Å². The summed E-state index contributed by atoms with van der Waals surface area (Å²) in [6.07, 6.45) is 1.57. The number of carbonyl (C=O) groups excluding carboxylic acids is 3. The highest BCUT2D eigenvalue weighted by Crippen LogP contribution is 2.35. The molecular weight excluding hydrogens is 420 g/mol. The average molecular weight is 435 g/mol. The van der Waals surface area contributed by atoms with Crippen LogP contribution in [0.1, 0.15) is 36.6 Å². The van der Waals surface area contributed by atoms with Crippen molar-refractivity contribution in [3.8, 4) is 11.5 Å². The van der Waals surface area contributed by atoms with E-state index in [0.717, 1.165) is 0 Å². The van der Waals surface area contributed by atoms with Crippen LogP contribution in [0.15, 0.2) is 72.5 Å². The van der Waals surface area contributed by atoms with Crippen molar-refractivity contribution in [3.63, 3.8) is 0 Å². The van der Waals surface area contributed by atoms with Crippen LogP contribution in [-0.2, 0) is 4.74 Å². The zero-order chi connectivity index (χ0) is 22.0. The van der Waals surface area contributed by atoms with E-state index in [0.29, 0.717) is 33.0 Å². The van der Waals surface area contributed by atoms with Gasteiger partial charge in [-0.05, 0) is 60.2 Å². The number of rotatable bonds is 4. The van der Waals surface area contributed by atoms with Gasteiger partial charge in [-0.3, -0.25) is 4.79 Å². The molecule has 31 heavy (non-hydrogen) atoms. The molecule has 0 atom stereocenters. The van der Waals surface area contributed by atoms with Gasteiger partial charge in [-0.2, -0.15) is 0 Å². The van der Waals surface area contributed by atoms with Crippen LogP contribution in [0.2, 0.25) is 5.02 Å². The number of ether oxygens (including phenoxy) is 3. The second-order valence-electron chi connectivity index (χ2n) is 6.61. The molecule has 0 unspecified atom stereocenters. The molecule has 0 spiro atoms. The molecule has 1 aliphatic heterocycles. The summed E-state index contributed by atoms with van der Waals surface area (Å²) in [5.41, 5.74) is 1.79. The fraction of sp³-hybridized carbons (Fsp3) is 0.0417. The summed E-state index contributed by atoms with van der Waals surface area (Å²) in [6.45, 7) is 0. The molecule has 0 saturated heterocycles. The van der Waals surface area contributed by atoms with Gasteiger partial charge < -0.3 is 14.2 Å². The fourth-order valence-electron chi connectivity index (χ4n) is 2.97. The molecule has 154 valence electrons. The summed E-state index contributed by atoms with van der Waals surface area (Å²) in [5.74, 6) is -0.619. The van der Waals surface area contributed by atoms with E-state index in [-0.39, 0.29) is 17.3 Å². The molecule has 3 aromatic carbocycles. The third-order valence-electron chi connectivity index (χ3n) is 4.56. The molecule has 0 fully saturated rings. The number of esters is 2. The number of benzene rings is 3. The van der Waals surface area contributed by atoms with Gasteiger partial charge in [0.1, 0.15) is 11.5 Å². The number of fused-ring (bicyclic) bond motifs is 1. The molecule has 1 heterocycles. The molecule has 0 radical (unpaired) electrons. The van der Waals surface area contributed by atoms with Crippen molar-refractivity contribution in [1.82, 2.24) is 0 Å². The normalized spacial score (nSPS) is 13.5. The Balaban J connectivity index is 1.51. The molecule has 6 nitrogen and oxygen atoms in total. The lowest BCUT2D eigenvalue weighted by Gasteiger charge is -2.06. The van der Waals surface area contributed by atoms with Crippen molar-refractivity contribution in [2.75, 3.05) is 7.11 Å². The van der Waals surface area contributed by atoms with Crippen molar-refractivity contribution in [1.29, 1.82) is 0 Å². The summed E-state index contributed by atoms with van der Waals surface area (Å²) < 4.78 is 15.7. The summed E-state index contributed by atoms with van der Waals surface area (Å²) >= 11 is 5.83. The molecule has 0 aliphatic carbocycles. The maximum absolute atomic E-state index is 12.6. The van der Waals surface area contributed by atoms with Crippen molar-refractivity contribution in [2.45, 2.75) is 0 Å². The van der Waals surface area contributed by atoms with Crippen molar-refractivity contribution in [3.05, 3.63) is 99.8 Å². The zero-order valence-corrected chi connectivity index (χ0v) is 17.0. The molecule has 0 aromatic heterocycles. The lowest BCUT2D eigenvalue weighted by molar-refractivity contribution is 0.0600. The first kappa shape index (κ1) is 20.4. The second kappa shape index (κ2) is 8.45. The predicted octanol–water partition coefficient (Wildman–Crippen LogP) is 4.96. The van der Waals surface area contributed by atoms with Crippen LogP contribution in [0.5, 0.6) is 11.5 Å². The van der Waals surface area contributed by atoms with Crippen LogP contribution in [0.3, 0.4) is 0 Å². The Kier molecular flexibility index (Phi) is 5.56. The molecule has 3 aromatic rings. The Hall–Kier alpha value is -3.90. The second-order valence-corrected chi connectivity index (χ2v) is 7.04. The number of halogens is 1. The summed E-state index contributed by atoms with van der Waals surface area (Å²) in [5, 5.41) is 0.514. The third-order valence-corrected chi connectivity index (χ3v) is 4.81. The quantitative estimate of drug-likeness (QED) is 0.328. The molecule has 0 saturated carbocycles. The van der Waals surface area contributed by atoms with E-state index in [2.05, 4.69) is 4.74 Å². The van der Waals surface area contributed by atoms with Gasteiger partial charge in [0.05, 0.1) is 23.8 Å². The summed E-state index contributed by atoms with van der Waals surface area (Å²) in [4.78, 5) is 36.4.